The molecule has 92 valence electrons. The molecule has 0 bridgehead atoms. The lowest BCUT2D eigenvalue weighted by molar-refractivity contribution is 0.0737. The summed E-state index contributed by atoms with van der Waals surface area (Å²) in [7, 11) is 1.77. The molecule has 3 nitrogen and oxygen atoms in total. The summed E-state index contributed by atoms with van der Waals surface area (Å²) in [6, 6.07) is 5.47. The highest BCUT2D eigenvalue weighted by atomic mass is 16.2. The van der Waals surface area contributed by atoms with E-state index in [1.54, 1.807) is 24.1 Å². The lowest BCUT2D eigenvalue weighted by Gasteiger charge is -2.24. The first-order valence-electron chi connectivity index (χ1n) is 5.84. The Hall–Kier alpha value is -1.64. The largest absolute Gasteiger partial charge is 0.339 e. The molecule has 0 radical (unpaired) electrons. The van der Waals surface area contributed by atoms with Gasteiger partial charge in [-0.05, 0) is 26.3 Å². The lowest BCUT2D eigenvalue weighted by Crippen LogP contribution is -2.35. The molecule has 0 spiro atoms. The van der Waals surface area contributed by atoms with Crippen LogP contribution in [0.1, 0.15) is 46.5 Å². The molecule has 0 heterocycles. The van der Waals surface area contributed by atoms with Gasteiger partial charge in [-0.1, -0.05) is 24.6 Å². The first-order valence-corrected chi connectivity index (χ1v) is 5.84. The molecule has 1 aromatic rings. The number of aldehydes is 1. The van der Waals surface area contributed by atoms with Crippen LogP contribution >= 0.6 is 0 Å². The van der Waals surface area contributed by atoms with Crippen molar-refractivity contribution in [2.45, 2.75) is 33.2 Å². The molecule has 0 aliphatic rings. The SMILES string of the molecule is CCC(C)N(C)C(=O)c1cc(C)ccc1C=O. The van der Waals surface area contributed by atoms with Crippen LogP contribution in [-0.4, -0.2) is 30.2 Å². The summed E-state index contributed by atoms with van der Waals surface area (Å²) in [5, 5.41) is 0. The second-order valence-electron chi connectivity index (χ2n) is 4.38. The third-order valence-electron chi connectivity index (χ3n) is 3.14. The number of rotatable bonds is 4. The van der Waals surface area contributed by atoms with E-state index in [0.717, 1.165) is 18.3 Å². The molecule has 0 fully saturated rings. The van der Waals surface area contributed by atoms with Gasteiger partial charge in [0.15, 0.2) is 6.29 Å². The molecule has 1 rings (SSSR count). The molecule has 0 aromatic heterocycles. The van der Waals surface area contributed by atoms with Crippen molar-refractivity contribution in [1.29, 1.82) is 0 Å². The minimum Gasteiger partial charge on any atom is -0.339 e. The van der Waals surface area contributed by atoms with Gasteiger partial charge >= 0.3 is 0 Å². The summed E-state index contributed by atoms with van der Waals surface area (Å²) in [4.78, 5) is 24.9. The summed E-state index contributed by atoms with van der Waals surface area (Å²) in [6.07, 6.45) is 1.63. The minimum atomic E-state index is -0.0925. The lowest BCUT2D eigenvalue weighted by atomic mass is 10.0. The van der Waals surface area contributed by atoms with Crippen LogP contribution in [0.2, 0.25) is 0 Å². The summed E-state index contributed by atoms with van der Waals surface area (Å²) < 4.78 is 0. The van der Waals surface area contributed by atoms with Crippen molar-refractivity contribution in [3.8, 4) is 0 Å². The molecule has 17 heavy (non-hydrogen) atoms. The Morgan fingerprint density at radius 2 is 2.12 bits per heavy atom. The van der Waals surface area contributed by atoms with E-state index in [4.69, 9.17) is 0 Å². The summed E-state index contributed by atoms with van der Waals surface area (Å²) in [6.45, 7) is 5.94. The van der Waals surface area contributed by atoms with Gasteiger partial charge in [0.05, 0.1) is 5.56 Å². The van der Waals surface area contributed by atoms with Crippen molar-refractivity contribution >= 4 is 12.2 Å². The van der Waals surface area contributed by atoms with Crippen LogP contribution in [0.5, 0.6) is 0 Å². The highest BCUT2D eigenvalue weighted by molar-refractivity contribution is 6.01. The predicted molar refractivity (Wildman–Crippen MR) is 68.4 cm³/mol. The zero-order valence-electron chi connectivity index (χ0n) is 10.9. The Kier molecular flexibility index (Phi) is 4.44. The van der Waals surface area contributed by atoms with Crippen LogP contribution < -0.4 is 0 Å². The number of carbonyl (C=O) groups is 2. The number of nitrogens with zero attached hydrogens (tertiary/aromatic N) is 1. The van der Waals surface area contributed by atoms with Crippen molar-refractivity contribution in [3.05, 3.63) is 34.9 Å². The molecule has 0 saturated heterocycles. The number of hydrogen-bond acceptors (Lipinski definition) is 2. The molecular formula is C14H19NO2. The summed E-state index contributed by atoms with van der Waals surface area (Å²) in [5.74, 6) is -0.0925. The Bertz CT molecular complexity index is 426. The normalized spacial score (nSPS) is 12.0. The van der Waals surface area contributed by atoms with Gasteiger partial charge < -0.3 is 4.90 Å². The fourth-order valence-corrected chi connectivity index (χ4v) is 1.62. The molecule has 0 saturated carbocycles. The van der Waals surface area contributed by atoms with E-state index in [-0.39, 0.29) is 11.9 Å². The quantitative estimate of drug-likeness (QED) is 0.750. The molecule has 1 amide bonds. The highest BCUT2D eigenvalue weighted by Crippen LogP contribution is 2.14. The fraction of sp³-hybridized carbons (Fsp3) is 0.429. The number of hydrogen-bond donors (Lipinski definition) is 0. The zero-order chi connectivity index (χ0) is 13.0. The minimum absolute atomic E-state index is 0.0925. The van der Waals surface area contributed by atoms with E-state index >= 15 is 0 Å². The first kappa shape index (κ1) is 13.4. The molecule has 3 heteroatoms. The van der Waals surface area contributed by atoms with Crippen LogP contribution in [0.25, 0.3) is 0 Å². The van der Waals surface area contributed by atoms with E-state index in [2.05, 4.69) is 0 Å². The van der Waals surface area contributed by atoms with Crippen molar-refractivity contribution in [2.24, 2.45) is 0 Å². The van der Waals surface area contributed by atoms with Crippen molar-refractivity contribution < 1.29 is 9.59 Å². The maximum absolute atomic E-state index is 12.2. The Labute approximate surface area is 102 Å². The molecule has 0 aliphatic heterocycles. The number of amides is 1. The van der Waals surface area contributed by atoms with E-state index < -0.39 is 0 Å². The standard InChI is InChI=1S/C14H19NO2/c1-5-11(3)15(4)14(17)13-8-10(2)6-7-12(13)9-16/h6-9,11H,5H2,1-4H3. The Morgan fingerprint density at radius 3 is 2.65 bits per heavy atom. The van der Waals surface area contributed by atoms with E-state index in [9.17, 15) is 9.59 Å². The number of aryl methyl sites for hydroxylation is 1. The van der Waals surface area contributed by atoms with Crippen LogP contribution in [-0.2, 0) is 0 Å². The zero-order valence-corrected chi connectivity index (χ0v) is 10.9. The van der Waals surface area contributed by atoms with Gasteiger partial charge in [0, 0.05) is 18.7 Å². The third-order valence-corrected chi connectivity index (χ3v) is 3.14. The van der Waals surface area contributed by atoms with Crippen molar-refractivity contribution in [2.75, 3.05) is 7.05 Å². The van der Waals surface area contributed by atoms with E-state index in [1.165, 1.54) is 0 Å². The molecular weight excluding hydrogens is 214 g/mol. The molecule has 0 N–H and O–H groups in total. The average molecular weight is 233 g/mol. The topological polar surface area (TPSA) is 37.4 Å². The second-order valence-corrected chi connectivity index (χ2v) is 4.38. The third kappa shape index (κ3) is 2.93. The van der Waals surface area contributed by atoms with Gasteiger partial charge in [-0.3, -0.25) is 9.59 Å². The van der Waals surface area contributed by atoms with Crippen LogP contribution in [0.15, 0.2) is 18.2 Å². The highest BCUT2D eigenvalue weighted by Gasteiger charge is 2.18. The van der Waals surface area contributed by atoms with E-state index in [1.807, 2.05) is 26.8 Å². The average Bonchev–Trinajstić information content (AvgIpc) is 2.35. The first-order chi connectivity index (χ1) is 8.01. The Morgan fingerprint density at radius 1 is 1.47 bits per heavy atom. The Balaban J connectivity index is 3.10. The molecule has 1 atom stereocenters. The summed E-state index contributed by atoms with van der Waals surface area (Å²) in [5.41, 5.74) is 1.93. The van der Waals surface area contributed by atoms with Gasteiger partial charge in [-0.15, -0.1) is 0 Å². The van der Waals surface area contributed by atoms with Gasteiger partial charge in [0.1, 0.15) is 0 Å². The smallest absolute Gasteiger partial charge is 0.254 e. The van der Waals surface area contributed by atoms with Crippen molar-refractivity contribution in [1.82, 2.24) is 4.90 Å². The maximum Gasteiger partial charge on any atom is 0.254 e. The van der Waals surface area contributed by atoms with Gasteiger partial charge in [0.25, 0.3) is 5.91 Å². The maximum atomic E-state index is 12.2. The molecule has 1 aromatic carbocycles. The summed E-state index contributed by atoms with van der Waals surface area (Å²) >= 11 is 0. The number of carbonyl (C=O) groups excluding carboxylic acids is 2. The van der Waals surface area contributed by atoms with E-state index in [0.29, 0.717) is 11.1 Å². The fourth-order valence-electron chi connectivity index (χ4n) is 1.62. The monoisotopic (exact) mass is 233 g/mol. The molecule has 0 aliphatic carbocycles. The van der Waals surface area contributed by atoms with Crippen LogP contribution in [0, 0.1) is 6.92 Å². The van der Waals surface area contributed by atoms with Crippen LogP contribution in [0.4, 0.5) is 0 Å². The van der Waals surface area contributed by atoms with Gasteiger partial charge in [-0.2, -0.15) is 0 Å². The predicted octanol–water partition coefficient (Wildman–Crippen LogP) is 2.68. The van der Waals surface area contributed by atoms with Gasteiger partial charge in [-0.25, -0.2) is 0 Å². The second kappa shape index (κ2) is 5.62. The van der Waals surface area contributed by atoms with Crippen molar-refractivity contribution in [3.63, 3.8) is 0 Å². The number of benzene rings is 1. The van der Waals surface area contributed by atoms with Crippen LogP contribution in [0.3, 0.4) is 0 Å². The van der Waals surface area contributed by atoms with Gasteiger partial charge in [0.2, 0.25) is 0 Å². The molecule has 1 unspecified atom stereocenters.